The first kappa shape index (κ1) is 18.8. The van der Waals surface area contributed by atoms with Crippen LogP contribution in [0.15, 0.2) is 53.4 Å². The van der Waals surface area contributed by atoms with Gasteiger partial charge in [-0.3, -0.25) is 0 Å². The van der Waals surface area contributed by atoms with Crippen LogP contribution in [0.4, 0.5) is 10.5 Å². The molecule has 25 heavy (non-hydrogen) atoms. The van der Waals surface area contributed by atoms with E-state index < -0.39 is 16.1 Å². The van der Waals surface area contributed by atoms with Gasteiger partial charge in [-0.2, -0.15) is 0 Å². The third kappa shape index (κ3) is 5.77. The van der Waals surface area contributed by atoms with Crippen molar-refractivity contribution in [2.75, 3.05) is 25.5 Å². The topological polar surface area (TPSA) is 96.5 Å². The van der Waals surface area contributed by atoms with Gasteiger partial charge in [-0.15, -0.1) is 0 Å². The Bertz CT molecular complexity index is 820. The molecule has 0 saturated heterocycles. The first-order valence-electron chi connectivity index (χ1n) is 7.66. The molecule has 0 aliphatic heterocycles. The summed E-state index contributed by atoms with van der Waals surface area (Å²) < 4.78 is 31.7. The number of hydrogen-bond acceptors (Lipinski definition) is 4. The molecule has 0 atom stereocenters. The van der Waals surface area contributed by atoms with Gasteiger partial charge in [-0.25, -0.2) is 17.9 Å². The molecule has 134 valence electrons. The lowest BCUT2D eigenvalue weighted by Crippen LogP contribution is -2.36. The molecular formula is C17H21N3O4S. The van der Waals surface area contributed by atoms with Crippen LogP contribution < -0.4 is 20.1 Å². The Balaban J connectivity index is 1.78. The second-order valence-electron chi connectivity index (χ2n) is 5.32. The van der Waals surface area contributed by atoms with Gasteiger partial charge in [0.2, 0.25) is 10.0 Å². The fourth-order valence-corrected chi connectivity index (χ4v) is 3.07. The van der Waals surface area contributed by atoms with Crippen molar-refractivity contribution >= 4 is 21.7 Å². The molecule has 0 spiro atoms. The van der Waals surface area contributed by atoms with E-state index >= 15 is 0 Å². The lowest BCUT2D eigenvalue weighted by Gasteiger charge is -2.10. The summed E-state index contributed by atoms with van der Waals surface area (Å²) in [5, 5.41) is 5.23. The molecular weight excluding hydrogens is 342 g/mol. The minimum absolute atomic E-state index is 0.0851. The third-order valence-electron chi connectivity index (χ3n) is 3.36. The predicted molar refractivity (Wildman–Crippen MR) is 96.4 cm³/mol. The van der Waals surface area contributed by atoms with Crippen LogP contribution in [-0.4, -0.2) is 34.6 Å². The van der Waals surface area contributed by atoms with E-state index in [4.69, 9.17) is 4.74 Å². The zero-order valence-electron chi connectivity index (χ0n) is 14.1. The summed E-state index contributed by atoms with van der Waals surface area (Å²) in [4.78, 5) is 12.0. The smallest absolute Gasteiger partial charge is 0.319 e. The molecule has 0 aromatic heterocycles. The highest BCUT2D eigenvalue weighted by Gasteiger charge is 2.12. The summed E-state index contributed by atoms with van der Waals surface area (Å²) in [5.74, 6) is 0.628. The van der Waals surface area contributed by atoms with Crippen LogP contribution in [0, 0.1) is 6.92 Å². The molecule has 0 aliphatic rings. The number of carbonyl (C=O) groups is 1. The van der Waals surface area contributed by atoms with Gasteiger partial charge in [-0.05, 0) is 31.2 Å². The van der Waals surface area contributed by atoms with Crippen molar-refractivity contribution in [3.05, 3.63) is 54.1 Å². The van der Waals surface area contributed by atoms with E-state index in [1.165, 1.54) is 0 Å². The Morgan fingerprint density at radius 2 is 1.80 bits per heavy atom. The molecule has 0 aliphatic carbocycles. The molecule has 3 N–H and O–H groups in total. The molecule has 2 aromatic rings. The number of sulfonamides is 1. The van der Waals surface area contributed by atoms with Crippen LogP contribution in [0.2, 0.25) is 0 Å². The first-order chi connectivity index (χ1) is 11.9. The average molecular weight is 363 g/mol. The van der Waals surface area contributed by atoms with Crippen molar-refractivity contribution in [1.82, 2.24) is 10.0 Å². The van der Waals surface area contributed by atoms with Gasteiger partial charge >= 0.3 is 6.03 Å². The molecule has 7 nitrogen and oxygen atoms in total. The molecule has 2 rings (SSSR count). The van der Waals surface area contributed by atoms with Crippen LogP contribution in [0.25, 0.3) is 0 Å². The highest BCUT2D eigenvalue weighted by molar-refractivity contribution is 7.89. The number of rotatable bonds is 7. The summed E-state index contributed by atoms with van der Waals surface area (Å²) in [5.41, 5.74) is 1.56. The highest BCUT2D eigenvalue weighted by atomic mass is 32.2. The Morgan fingerprint density at radius 3 is 2.48 bits per heavy atom. The van der Waals surface area contributed by atoms with Gasteiger partial charge in [0.25, 0.3) is 0 Å². The Labute approximate surface area is 147 Å². The molecule has 0 fully saturated rings. The molecule has 8 heteroatoms. The maximum atomic E-state index is 12.1. The van der Waals surface area contributed by atoms with Crippen molar-refractivity contribution in [3.63, 3.8) is 0 Å². The normalized spacial score (nSPS) is 11.0. The second-order valence-corrected chi connectivity index (χ2v) is 7.09. The number of ether oxygens (including phenoxy) is 1. The van der Waals surface area contributed by atoms with Gasteiger partial charge in [0.15, 0.2) is 0 Å². The van der Waals surface area contributed by atoms with Gasteiger partial charge in [0.05, 0.1) is 12.0 Å². The van der Waals surface area contributed by atoms with Crippen molar-refractivity contribution in [1.29, 1.82) is 0 Å². The van der Waals surface area contributed by atoms with Gasteiger partial charge in [-0.1, -0.05) is 23.8 Å². The molecule has 2 amide bonds. The monoisotopic (exact) mass is 363 g/mol. The zero-order chi connectivity index (χ0) is 18.3. The van der Waals surface area contributed by atoms with Crippen LogP contribution in [0.3, 0.4) is 0 Å². The molecule has 0 radical (unpaired) electrons. The fraction of sp³-hybridized carbons (Fsp3) is 0.235. The number of anilines is 1. The Kier molecular flexibility index (Phi) is 6.37. The Morgan fingerprint density at radius 1 is 1.08 bits per heavy atom. The van der Waals surface area contributed by atoms with E-state index in [1.807, 2.05) is 6.92 Å². The molecule has 2 aromatic carbocycles. The zero-order valence-corrected chi connectivity index (χ0v) is 14.9. The van der Waals surface area contributed by atoms with Crippen molar-refractivity contribution < 1.29 is 17.9 Å². The van der Waals surface area contributed by atoms with Crippen LogP contribution in [0.5, 0.6) is 5.75 Å². The standard InChI is InChI=1S/C17H21N3O4S/c1-13-6-8-16(9-7-13)25(22,23)19-11-10-18-17(21)20-14-4-3-5-15(12-14)24-2/h3-9,12,19H,10-11H2,1-2H3,(H2,18,20,21). The summed E-state index contributed by atoms with van der Waals surface area (Å²) in [6.45, 7) is 2.12. The van der Waals surface area contributed by atoms with Gasteiger partial charge in [0.1, 0.15) is 5.75 Å². The Hall–Kier alpha value is -2.58. The van der Waals surface area contributed by atoms with Crippen LogP contribution in [-0.2, 0) is 10.0 Å². The van der Waals surface area contributed by atoms with Gasteiger partial charge < -0.3 is 15.4 Å². The molecule has 0 heterocycles. The quantitative estimate of drug-likeness (QED) is 0.657. The molecule has 0 saturated carbocycles. The lowest BCUT2D eigenvalue weighted by atomic mass is 10.2. The van der Waals surface area contributed by atoms with Crippen molar-refractivity contribution in [2.45, 2.75) is 11.8 Å². The van der Waals surface area contributed by atoms with E-state index in [1.54, 1.807) is 55.6 Å². The third-order valence-corrected chi connectivity index (χ3v) is 4.84. The van der Waals surface area contributed by atoms with Crippen LogP contribution >= 0.6 is 0 Å². The largest absolute Gasteiger partial charge is 0.497 e. The van der Waals surface area contributed by atoms with E-state index in [9.17, 15) is 13.2 Å². The SMILES string of the molecule is COc1cccc(NC(=O)NCCNS(=O)(=O)c2ccc(C)cc2)c1. The molecule has 0 bridgehead atoms. The fourth-order valence-electron chi connectivity index (χ4n) is 2.04. The van der Waals surface area contributed by atoms with E-state index in [2.05, 4.69) is 15.4 Å². The highest BCUT2D eigenvalue weighted by Crippen LogP contribution is 2.16. The number of nitrogens with one attached hydrogen (secondary N) is 3. The maximum absolute atomic E-state index is 12.1. The van der Waals surface area contributed by atoms with Gasteiger partial charge in [0, 0.05) is 24.8 Å². The summed E-state index contributed by atoms with van der Waals surface area (Å²) in [7, 11) is -2.04. The number of methoxy groups -OCH3 is 1. The van der Waals surface area contributed by atoms with E-state index in [-0.39, 0.29) is 18.0 Å². The second kappa shape index (κ2) is 8.50. The minimum atomic E-state index is -3.58. The van der Waals surface area contributed by atoms with E-state index in [0.29, 0.717) is 11.4 Å². The number of benzene rings is 2. The molecule has 0 unspecified atom stereocenters. The minimum Gasteiger partial charge on any atom is -0.497 e. The maximum Gasteiger partial charge on any atom is 0.319 e. The number of amides is 2. The summed E-state index contributed by atoms with van der Waals surface area (Å²) in [6, 6.07) is 13.0. The van der Waals surface area contributed by atoms with Crippen LogP contribution in [0.1, 0.15) is 5.56 Å². The number of urea groups is 1. The number of hydrogen-bond donors (Lipinski definition) is 3. The summed E-state index contributed by atoms with van der Waals surface area (Å²) >= 11 is 0. The average Bonchev–Trinajstić information content (AvgIpc) is 2.59. The predicted octanol–water partition coefficient (Wildman–Crippen LogP) is 2.10. The van der Waals surface area contributed by atoms with Crippen molar-refractivity contribution in [2.24, 2.45) is 0 Å². The first-order valence-corrected chi connectivity index (χ1v) is 9.14. The lowest BCUT2D eigenvalue weighted by molar-refractivity contribution is 0.252. The number of carbonyl (C=O) groups excluding carboxylic acids is 1. The van der Waals surface area contributed by atoms with Crippen molar-refractivity contribution in [3.8, 4) is 5.75 Å². The van der Waals surface area contributed by atoms with E-state index in [0.717, 1.165) is 5.56 Å². The summed E-state index contributed by atoms with van der Waals surface area (Å²) in [6.07, 6.45) is 0. The number of aryl methyl sites for hydroxylation is 1.